The lowest BCUT2D eigenvalue weighted by Crippen LogP contribution is -2.46. The lowest BCUT2D eigenvalue weighted by Gasteiger charge is -2.36. The van der Waals surface area contributed by atoms with Crippen LogP contribution in [0, 0.1) is 6.92 Å². The maximum Gasteiger partial charge on any atom is 0.0701 e. The van der Waals surface area contributed by atoms with Crippen molar-refractivity contribution in [3.05, 3.63) is 50.6 Å². The van der Waals surface area contributed by atoms with Crippen molar-refractivity contribution < 1.29 is 0 Å². The Morgan fingerprint density at radius 3 is 2.45 bits per heavy atom. The van der Waals surface area contributed by atoms with Crippen LogP contribution >= 0.6 is 27.3 Å². The predicted molar refractivity (Wildman–Crippen MR) is 90.7 cm³/mol. The molecule has 4 heteroatoms. The third kappa shape index (κ3) is 3.25. The van der Waals surface area contributed by atoms with Gasteiger partial charge in [0.25, 0.3) is 0 Å². The number of para-hydroxylation sites is 1. The number of rotatable bonds is 3. The highest BCUT2D eigenvalue weighted by atomic mass is 79.9. The van der Waals surface area contributed by atoms with Crippen molar-refractivity contribution in [2.45, 2.75) is 13.5 Å². The van der Waals surface area contributed by atoms with E-state index < -0.39 is 0 Å². The number of hydrogen-bond donors (Lipinski definition) is 0. The first-order valence-electron chi connectivity index (χ1n) is 6.99. The maximum absolute atomic E-state index is 3.54. The summed E-state index contributed by atoms with van der Waals surface area (Å²) in [5, 5.41) is 0. The standard InChI is InChI=1S/C16H19BrN2S/c1-13-4-2-3-5-15(13)19-10-8-18(9-11-19)12-14-6-7-16(17)20-14/h2-7H,8-12H2,1H3. The molecule has 1 fully saturated rings. The smallest absolute Gasteiger partial charge is 0.0701 e. The van der Waals surface area contributed by atoms with Crippen molar-refractivity contribution >= 4 is 33.0 Å². The van der Waals surface area contributed by atoms with Gasteiger partial charge in [0, 0.05) is 43.3 Å². The first kappa shape index (κ1) is 14.1. The summed E-state index contributed by atoms with van der Waals surface area (Å²) in [5.74, 6) is 0. The Morgan fingerprint density at radius 1 is 1.05 bits per heavy atom. The molecule has 106 valence electrons. The largest absolute Gasteiger partial charge is 0.369 e. The quantitative estimate of drug-likeness (QED) is 0.820. The number of hydrogen-bond acceptors (Lipinski definition) is 3. The van der Waals surface area contributed by atoms with Crippen LogP contribution in [0.25, 0.3) is 0 Å². The lowest BCUT2D eigenvalue weighted by molar-refractivity contribution is 0.252. The molecule has 0 aliphatic carbocycles. The molecule has 1 saturated heterocycles. The molecular weight excluding hydrogens is 332 g/mol. The van der Waals surface area contributed by atoms with Gasteiger partial charge in [-0.25, -0.2) is 0 Å². The predicted octanol–water partition coefficient (Wildman–Crippen LogP) is 4.14. The molecule has 0 amide bonds. The third-order valence-electron chi connectivity index (χ3n) is 3.84. The van der Waals surface area contributed by atoms with Gasteiger partial charge in [-0.2, -0.15) is 0 Å². The monoisotopic (exact) mass is 350 g/mol. The summed E-state index contributed by atoms with van der Waals surface area (Å²) in [6, 6.07) is 13.1. The van der Waals surface area contributed by atoms with Gasteiger partial charge in [-0.3, -0.25) is 4.90 Å². The molecule has 1 aliphatic rings. The van der Waals surface area contributed by atoms with Crippen molar-refractivity contribution in [1.29, 1.82) is 0 Å². The van der Waals surface area contributed by atoms with Gasteiger partial charge in [0.2, 0.25) is 0 Å². The van der Waals surface area contributed by atoms with Crippen LogP contribution in [0.3, 0.4) is 0 Å². The van der Waals surface area contributed by atoms with E-state index in [-0.39, 0.29) is 0 Å². The summed E-state index contributed by atoms with van der Waals surface area (Å²) in [6.45, 7) is 7.81. The summed E-state index contributed by atoms with van der Waals surface area (Å²) >= 11 is 5.38. The van der Waals surface area contributed by atoms with Crippen LogP contribution in [0.1, 0.15) is 10.4 Å². The summed E-state index contributed by atoms with van der Waals surface area (Å²) in [4.78, 5) is 6.50. The topological polar surface area (TPSA) is 6.48 Å². The van der Waals surface area contributed by atoms with Crippen molar-refractivity contribution in [1.82, 2.24) is 4.90 Å². The zero-order valence-corrected chi connectivity index (χ0v) is 14.1. The molecule has 20 heavy (non-hydrogen) atoms. The van der Waals surface area contributed by atoms with E-state index in [2.05, 4.69) is 69.1 Å². The number of halogens is 1. The lowest BCUT2D eigenvalue weighted by atomic mass is 10.1. The Bertz CT molecular complexity index is 573. The molecule has 0 saturated carbocycles. The van der Waals surface area contributed by atoms with Crippen molar-refractivity contribution in [3.8, 4) is 0 Å². The van der Waals surface area contributed by atoms with Crippen molar-refractivity contribution in [3.63, 3.8) is 0 Å². The second-order valence-electron chi connectivity index (χ2n) is 5.26. The highest BCUT2D eigenvalue weighted by Crippen LogP contribution is 2.25. The van der Waals surface area contributed by atoms with Crippen LogP contribution in [0.4, 0.5) is 5.69 Å². The highest BCUT2D eigenvalue weighted by molar-refractivity contribution is 9.11. The first-order chi connectivity index (χ1) is 9.72. The van der Waals surface area contributed by atoms with Crippen LogP contribution in [0.15, 0.2) is 40.2 Å². The van der Waals surface area contributed by atoms with Crippen LogP contribution in [0.2, 0.25) is 0 Å². The van der Waals surface area contributed by atoms with E-state index in [0.29, 0.717) is 0 Å². The number of thiophene rings is 1. The second kappa shape index (κ2) is 6.29. The molecule has 0 bridgehead atoms. The zero-order chi connectivity index (χ0) is 13.9. The Hall–Kier alpha value is -0.840. The molecule has 1 aliphatic heterocycles. The van der Waals surface area contributed by atoms with Crippen LogP contribution in [-0.2, 0) is 6.54 Å². The van der Waals surface area contributed by atoms with E-state index in [9.17, 15) is 0 Å². The Morgan fingerprint density at radius 2 is 1.80 bits per heavy atom. The molecule has 1 aromatic carbocycles. The summed E-state index contributed by atoms with van der Waals surface area (Å²) in [6.07, 6.45) is 0. The van der Waals surface area contributed by atoms with E-state index >= 15 is 0 Å². The SMILES string of the molecule is Cc1ccccc1N1CCN(Cc2ccc(Br)s2)CC1. The van der Waals surface area contributed by atoms with E-state index in [1.165, 1.54) is 19.9 Å². The minimum absolute atomic E-state index is 1.08. The van der Waals surface area contributed by atoms with Gasteiger partial charge < -0.3 is 4.90 Å². The van der Waals surface area contributed by atoms with Gasteiger partial charge in [0.15, 0.2) is 0 Å². The molecule has 0 N–H and O–H groups in total. The van der Waals surface area contributed by atoms with Crippen LogP contribution < -0.4 is 4.90 Å². The van der Waals surface area contributed by atoms with Gasteiger partial charge in [0.05, 0.1) is 3.79 Å². The minimum Gasteiger partial charge on any atom is -0.369 e. The fourth-order valence-corrected chi connectivity index (χ4v) is 4.25. The van der Waals surface area contributed by atoms with Gasteiger partial charge in [0.1, 0.15) is 0 Å². The average molecular weight is 351 g/mol. The molecular formula is C16H19BrN2S. The van der Waals surface area contributed by atoms with Crippen LogP contribution in [-0.4, -0.2) is 31.1 Å². The molecule has 0 atom stereocenters. The molecule has 1 aromatic heterocycles. The summed E-state index contributed by atoms with van der Waals surface area (Å²) in [5.41, 5.74) is 2.77. The Balaban J connectivity index is 1.58. The Kier molecular flexibility index (Phi) is 4.44. The number of anilines is 1. The number of benzene rings is 1. The van der Waals surface area contributed by atoms with Gasteiger partial charge >= 0.3 is 0 Å². The number of aryl methyl sites for hydroxylation is 1. The summed E-state index contributed by atoms with van der Waals surface area (Å²) in [7, 11) is 0. The van der Waals surface area contributed by atoms with Gasteiger partial charge in [-0.15, -0.1) is 11.3 Å². The number of piperazine rings is 1. The molecule has 2 heterocycles. The molecule has 2 nitrogen and oxygen atoms in total. The van der Waals surface area contributed by atoms with E-state index in [4.69, 9.17) is 0 Å². The minimum atomic E-state index is 1.08. The summed E-state index contributed by atoms with van der Waals surface area (Å²) < 4.78 is 1.23. The number of nitrogens with zero attached hydrogens (tertiary/aromatic N) is 2. The fraction of sp³-hybridized carbons (Fsp3) is 0.375. The zero-order valence-electron chi connectivity index (χ0n) is 11.7. The molecule has 0 spiro atoms. The fourth-order valence-electron chi connectivity index (χ4n) is 2.72. The second-order valence-corrected chi connectivity index (χ2v) is 7.80. The van der Waals surface area contributed by atoms with Gasteiger partial charge in [-0.05, 0) is 46.6 Å². The van der Waals surface area contributed by atoms with Crippen molar-refractivity contribution in [2.75, 3.05) is 31.1 Å². The third-order valence-corrected chi connectivity index (χ3v) is 5.45. The average Bonchev–Trinajstić information content (AvgIpc) is 2.86. The Labute approximate surface area is 133 Å². The van der Waals surface area contributed by atoms with E-state index in [0.717, 1.165) is 32.7 Å². The van der Waals surface area contributed by atoms with Crippen LogP contribution in [0.5, 0.6) is 0 Å². The maximum atomic E-state index is 3.54. The van der Waals surface area contributed by atoms with Crippen molar-refractivity contribution in [2.24, 2.45) is 0 Å². The highest BCUT2D eigenvalue weighted by Gasteiger charge is 2.18. The molecule has 0 radical (unpaired) electrons. The van der Waals surface area contributed by atoms with Gasteiger partial charge in [-0.1, -0.05) is 18.2 Å². The molecule has 3 rings (SSSR count). The normalized spacial score (nSPS) is 16.6. The first-order valence-corrected chi connectivity index (χ1v) is 8.60. The molecule has 2 aromatic rings. The van der Waals surface area contributed by atoms with E-state index in [1.54, 1.807) is 0 Å². The van der Waals surface area contributed by atoms with E-state index in [1.807, 2.05) is 11.3 Å². The molecule has 0 unspecified atom stereocenters.